The minimum absolute atomic E-state index is 0.297. The SMILES string of the molecule is C[C@H](Sc1ccccc1Cl)C(=O)NNC(=O)c1ccccc1. The lowest BCUT2D eigenvalue weighted by atomic mass is 10.2. The molecule has 0 fully saturated rings. The number of hydrogen-bond acceptors (Lipinski definition) is 3. The predicted octanol–water partition coefficient (Wildman–Crippen LogP) is 3.28. The molecule has 0 spiro atoms. The summed E-state index contributed by atoms with van der Waals surface area (Å²) in [6.07, 6.45) is 0. The van der Waals surface area contributed by atoms with E-state index < -0.39 is 5.25 Å². The van der Waals surface area contributed by atoms with Gasteiger partial charge in [-0.05, 0) is 31.2 Å². The van der Waals surface area contributed by atoms with Crippen LogP contribution in [0.15, 0.2) is 59.5 Å². The Morgan fingerprint density at radius 2 is 1.64 bits per heavy atom. The molecule has 2 rings (SSSR count). The second-order valence-electron chi connectivity index (χ2n) is 4.50. The molecular formula is C16H15ClN2O2S. The van der Waals surface area contributed by atoms with Crippen LogP contribution in [0.25, 0.3) is 0 Å². The van der Waals surface area contributed by atoms with Crippen LogP contribution in [-0.2, 0) is 4.79 Å². The summed E-state index contributed by atoms with van der Waals surface area (Å²) >= 11 is 7.39. The minimum atomic E-state index is -0.393. The first-order valence-corrected chi connectivity index (χ1v) is 7.90. The molecule has 0 bridgehead atoms. The van der Waals surface area contributed by atoms with Gasteiger partial charge in [0, 0.05) is 10.5 Å². The van der Waals surface area contributed by atoms with Crippen LogP contribution in [-0.4, -0.2) is 17.1 Å². The van der Waals surface area contributed by atoms with Gasteiger partial charge in [-0.3, -0.25) is 20.4 Å². The highest BCUT2D eigenvalue weighted by Gasteiger charge is 2.16. The van der Waals surface area contributed by atoms with Crippen LogP contribution in [0.5, 0.6) is 0 Å². The topological polar surface area (TPSA) is 58.2 Å². The molecule has 0 radical (unpaired) electrons. The average Bonchev–Trinajstić information content (AvgIpc) is 2.55. The monoisotopic (exact) mass is 334 g/mol. The molecule has 2 amide bonds. The summed E-state index contributed by atoms with van der Waals surface area (Å²) in [5.41, 5.74) is 5.29. The number of hydrazine groups is 1. The molecule has 2 N–H and O–H groups in total. The number of thioether (sulfide) groups is 1. The molecule has 0 aliphatic carbocycles. The van der Waals surface area contributed by atoms with Crippen molar-refractivity contribution >= 4 is 35.2 Å². The zero-order chi connectivity index (χ0) is 15.9. The van der Waals surface area contributed by atoms with E-state index in [1.165, 1.54) is 11.8 Å². The van der Waals surface area contributed by atoms with Crippen LogP contribution in [0, 0.1) is 0 Å². The van der Waals surface area contributed by atoms with E-state index >= 15 is 0 Å². The molecule has 0 aliphatic rings. The molecule has 6 heteroatoms. The number of rotatable bonds is 4. The van der Waals surface area contributed by atoms with Crippen LogP contribution in [0.1, 0.15) is 17.3 Å². The van der Waals surface area contributed by atoms with Gasteiger partial charge in [-0.1, -0.05) is 41.9 Å². The number of carbonyl (C=O) groups is 2. The highest BCUT2D eigenvalue weighted by atomic mass is 35.5. The molecular weight excluding hydrogens is 320 g/mol. The molecule has 0 saturated heterocycles. The summed E-state index contributed by atoms with van der Waals surface area (Å²) in [7, 11) is 0. The molecule has 22 heavy (non-hydrogen) atoms. The third kappa shape index (κ3) is 4.51. The third-order valence-corrected chi connectivity index (χ3v) is 4.46. The zero-order valence-corrected chi connectivity index (χ0v) is 13.4. The van der Waals surface area contributed by atoms with Gasteiger partial charge in [-0.25, -0.2) is 0 Å². The lowest BCUT2D eigenvalue weighted by molar-refractivity contribution is -0.121. The van der Waals surface area contributed by atoms with Gasteiger partial charge in [0.1, 0.15) is 0 Å². The second-order valence-corrected chi connectivity index (χ2v) is 6.29. The molecule has 114 valence electrons. The molecule has 2 aromatic carbocycles. The maximum Gasteiger partial charge on any atom is 0.269 e. The van der Waals surface area contributed by atoms with Crippen LogP contribution in [0.3, 0.4) is 0 Å². The van der Waals surface area contributed by atoms with Gasteiger partial charge in [0.2, 0.25) is 0 Å². The first-order chi connectivity index (χ1) is 10.6. The van der Waals surface area contributed by atoms with E-state index in [1.807, 2.05) is 24.3 Å². The lowest BCUT2D eigenvalue weighted by Gasteiger charge is -2.13. The van der Waals surface area contributed by atoms with Crippen molar-refractivity contribution in [2.45, 2.75) is 17.1 Å². The minimum Gasteiger partial charge on any atom is -0.272 e. The van der Waals surface area contributed by atoms with E-state index in [9.17, 15) is 9.59 Å². The quantitative estimate of drug-likeness (QED) is 0.666. The van der Waals surface area contributed by atoms with E-state index in [-0.39, 0.29) is 11.8 Å². The summed E-state index contributed by atoms with van der Waals surface area (Å²) in [4.78, 5) is 24.7. The molecule has 0 heterocycles. The molecule has 1 atom stereocenters. The van der Waals surface area contributed by atoms with Crippen LogP contribution in [0.4, 0.5) is 0 Å². The number of amides is 2. The average molecular weight is 335 g/mol. The lowest BCUT2D eigenvalue weighted by Crippen LogP contribution is -2.44. The van der Waals surface area contributed by atoms with Crippen molar-refractivity contribution < 1.29 is 9.59 Å². The highest BCUT2D eigenvalue weighted by molar-refractivity contribution is 8.00. The Morgan fingerprint density at radius 3 is 2.32 bits per heavy atom. The van der Waals surface area contributed by atoms with Gasteiger partial charge in [0.05, 0.1) is 10.3 Å². The van der Waals surface area contributed by atoms with E-state index in [1.54, 1.807) is 37.3 Å². The van der Waals surface area contributed by atoms with Crippen molar-refractivity contribution in [2.24, 2.45) is 0 Å². The predicted molar refractivity (Wildman–Crippen MR) is 88.8 cm³/mol. The Bertz CT molecular complexity index is 664. The summed E-state index contributed by atoms with van der Waals surface area (Å²) in [6, 6.07) is 16.0. The molecule has 2 aromatic rings. The third-order valence-electron chi connectivity index (χ3n) is 2.84. The first kappa shape index (κ1) is 16.4. The maximum atomic E-state index is 12.0. The van der Waals surface area contributed by atoms with Gasteiger partial charge in [0.25, 0.3) is 11.8 Å². The van der Waals surface area contributed by atoms with Crippen molar-refractivity contribution in [3.8, 4) is 0 Å². The maximum absolute atomic E-state index is 12.0. The van der Waals surface area contributed by atoms with E-state index in [2.05, 4.69) is 10.9 Å². The van der Waals surface area contributed by atoms with Gasteiger partial charge in [-0.2, -0.15) is 0 Å². The number of hydrogen-bond donors (Lipinski definition) is 2. The van der Waals surface area contributed by atoms with E-state index in [0.717, 1.165) is 4.90 Å². The Kier molecular flexibility index (Phi) is 5.86. The van der Waals surface area contributed by atoms with Crippen molar-refractivity contribution in [2.75, 3.05) is 0 Å². The van der Waals surface area contributed by atoms with Gasteiger partial charge < -0.3 is 0 Å². The Balaban J connectivity index is 1.87. The zero-order valence-electron chi connectivity index (χ0n) is 11.9. The largest absolute Gasteiger partial charge is 0.272 e. The number of nitrogens with one attached hydrogen (secondary N) is 2. The molecule has 0 saturated carbocycles. The summed E-state index contributed by atoms with van der Waals surface area (Å²) in [5, 5.41) is 0.205. The smallest absolute Gasteiger partial charge is 0.269 e. The van der Waals surface area contributed by atoms with Crippen LogP contribution < -0.4 is 10.9 Å². The van der Waals surface area contributed by atoms with Gasteiger partial charge in [0.15, 0.2) is 0 Å². The fourth-order valence-corrected chi connectivity index (χ4v) is 2.82. The van der Waals surface area contributed by atoms with Gasteiger partial charge in [-0.15, -0.1) is 11.8 Å². The Morgan fingerprint density at radius 1 is 1.00 bits per heavy atom. The number of benzene rings is 2. The first-order valence-electron chi connectivity index (χ1n) is 6.64. The number of halogens is 1. The standard InChI is InChI=1S/C16H15ClN2O2S/c1-11(22-14-10-6-5-9-13(14)17)15(20)18-19-16(21)12-7-3-2-4-8-12/h2-11H,1H3,(H,18,20)(H,19,21)/t11-/m0/s1. The van der Waals surface area contributed by atoms with Crippen LogP contribution >= 0.6 is 23.4 Å². The highest BCUT2D eigenvalue weighted by Crippen LogP contribution is 2.29. The fraction of sp³-hybridized carbons (Fsp3) is 0.125. The summed E-state index contributed by atoms with van der Waals surface area (Å²) in [5.74, 6) is -0.655. The van der Waals surface area contributed by atoms with Crippen molar-refractivity contribution in [1.29, 1.82) is 0 Å². The van der Waals surface area contributed by atoms with Crippen molar-refractivity contribution in [3.63, 3.8) is 0 Å². The van der Waals surface area contributed by atoms with Crippen molar-refractivity contribution in [1.82, 2.24) is 10.9 Å². The van der Waals surface area contributed by atoms with Crippen LogP contribution in [0.2, 0.25) is 5.02 Å². The van der Waals surface area contributed by atoms with Crippen molar-refractivity contribution in [3.05, 3.63) is 65.2 Å². The molecule has 0 unspecified atom stereocenters. The Hall–Kier alpha value is -1.98. The van der Waals surface area contributed by atoms with Gasteiger partial charge >= 0.3 is 0 Å². The Labute approximate surface area is 138 Å². The summed E-state index contributed by atoms with van der Waals surface area (Å²) in [6.45, 7) is 1.75. The number of carbonyl (C=O) groups excluding carboxylic acids is 2. The molecule has 0 aliphatic heterocycles. The molecule has 0 aromatic heterocycles. The van der Waals surface area contributed by atoms with E-state index in [4.69, 9.17) is 11.6 Å². The van der Waals surface area contributed by atoms with E-state index in [0.29, 0.717) is 10.6 Å². The second kappa shape index (κ2) is 7.87. The molecule has 4 nitrogen and oxygen atoms in total. The summed E-state index contributed by atoms with van der Waals surface area (Å²) < 4.78 is 0. The normalized spacial score (nSPS) is 11.5. The fourth-order valence-electron chi connectivity index (χ4n) is 1.67.